The van der Waals surface area contributed by atoms with E-state index in [1.165, 1.54) is 11.6 Å². The minimum atomic E-state index is -0.181. The second-order valence-corrected chi connectivity index (χ2v) is 7.37. The molecule has 1 fully saturated rings. The lowest BCUT2D eigenvalue weighted by Crippen LogP contribution is -2.55. The Labute approximate surface area is 160 Å². The molecule has 142 valence electrons. The summed E-state index contributed by atoms with van der Waals surface area (Å²) in [6, 6.07) is 14.9. The Hall–Kier alpha value is -2.40. The van der Waals surface area contributed by atoms with Crippen LogP contribution in [-0.2, 0) is 11.2 Å². The van der Waals surface area contributed by atoms with Crippen molar-refractivity contribution >= 4 is 17.3 Å². The quantitative estimate of drug-likeness (QED) is 0.833. The third-order valence-corrected chi connectivity index (χ3v) is 5.79. The van der Waals surface area contributed by atoms with Crippen molar-refractivity contribution < 1.29 is 9.18 Å². The number of piperazine rings is 1. The third-order valence-electron chi connectivity index (χ3n) is 5.79. The Bertz CT molecular complexity index is 817. The fourth-order valence-electron chi connectivity index (χ4n) is 4.20. The monoisotopic (exact) mass is 367 g/mol. The van der Waals surface area contributed by atoms with Crippen LogP contribution in [0.15, 0.2) is 48.5 Å². The lowest BCUT2D eigenvalue weighted by molar-refractivity contribution is -0.123. The van der Waals surface area contributed by atoms with Crippen molar-refractivity contribution in [2.75, 3.05) is 42.5 Å². The van der Waals surface area contributed by atoms with Gasteiger partial charge in [-0.1, -0.05) is 30.3 Å². The van der Waals surface area contributed by atoms with Gasteiger partial charge in [-0.05, 0) is 43.5 Å². The predicted molar refractivity (Wildman–Crippen MR) is 107 cm³/mol. The summed E-state index contributed by atoms with van der Waals surface area (Å²) in [4.78, 5) is 19.4. The lowest BCUT2D eigenvalue weighted by atomic mass is 10.0. The van der Waals surface area contributed by atoms with Crippen LogP contribution in [0.25, 0.3) is 0 Å². The van der Waals surface area contributed by atoms with Gasteiger partial charge < -0.3 is 9.80 Å². The SMILES string of the molecule is C[C@@H](C(=O)N1CCCc2ccccc21)N1CCN(c2ccccc2F)CC1. The van der Waals surface area contributed by atoms with E-state index in [1.807, 2.05) is 36.1 Å². The smallest absolute Gasteiger partial charge is 0.244 e. The molecule has 27 heavy (non-hydrogen) atoms. The highest BCUT2D eigenvalue weighted by Gasteiger charge is 2.31. The van der Waals surface area contributed by atoms with Gasteiger partial charge in [0, 0.05) is 38.4 Å². The Kier molecular flexibility index (Phi) is 5.12. The first-order chi connectivity index (χ1) is 13.1. The van der Waals surface area contributed by atoms with Crippen LogP contribution in [0.2, 0.25) is 0 Å². The zero-order valence-corrected chi connectivity index (χ0v) is 15.8. The van der Waals surface area contributed by atoms with Crippen molar-refractivity contribution in [3.8, 4) is 0 Å². The van der Waals surface area contributed by atoms with E-state index < -0.39 is 0 Å². The number of carbonyl (C=O) groups is 1. The normalized spacial score (nSPS) is 18.9. The van der Waals surface area contributed by atoms with E-state index in [2.05, 4.69) is 21.9 Å². The molecule has 0 N–H and O–H groups in total. The van der Waals surface area contributed by atoms with E-state index in [9.17, 15) is 9.18 Å². The Balaban J connectivity index is 1.42. The second kappa shape index (κ2) is 7.69. The first-order valence-corrected chi connectivity index (χ1v) is 9.78. The van der Waals surface area contributed by atoms with Crippen molar-refractivity contribution in [3.05, 3.63) is 59.9 Å². The number of carbonyl (C=O) groups excluding carboxylic acids is 1. The highest BCUT2D eigenvalue weighted by Crippen LogP contribution is 2.28. The molecule has 2 aliphatic rings. The maximum Gasteiger partial charge on any atom is 0.244 e. The number of fused-ring (bicyclic) bond motifs is 1. The van der Waals surface area contributed by atoms with Crippen LogP contribution >= 0.6 is 0 Å². The Morgan fingerprint density at radius 2 is 1.59 bits per heavy atom. The zero-order valence-electron chi connectivity index (χ0n) is 15.8. The molecule has 2 aromatic carbocycles. The maximum absolute atomic E-state index is 14.0. The molecule has 0 spiro atoms. The first-order valence-electron chi connectivity index (χ1n) is 9.78. The molecule has 5 heteroatoms. The predicted octanol–water partition coefficient (Wildman–Crippen LogP) is 3.32. The molecule has 1 atom stereocenters. The largest absolute Gasteiger partial charge is 0.367 e. The molecule has 2 heterocycles. The summed E-state index contributed by atoms with van der Waals surface area (Å²) >= 11 is 0. The topological polar surface area (TPSA) is 26.8 Å². The fraction of sp³-hybridized carbons (Fsp3) is 0.409. The van der Waals surface area contributed by atoms with Crippen LogP contribution in [0.4, 0.5) is 15.8 Å². The van der Waals surface area contributed by atoms with Gasteiger partial charge in [0.1, 0.15) is 5.82 Å². The highest BCUT2D eigenvalue weighted by molar-refractivity contribution is 5.98. The van der Waals surface area contributed by atoms with Gasteiger partial charge >= 0.3 is 0 Å². The summed E-state index contributed by atoms with van der Waals surface area (Å²) in [6.45, 7) is 5.77. The van der Waals surface area contributed by atoms with E-state index in [0.29, 0.717) is 5.69 Å². The molecular weight excluding hydrogens is 341 g/mol. The van der Waals surface area contributed by atoms with Crippen molar-refractivity contribution in [2.45, 2.75) is 25.8 Å². The summed E-state index contributed by atoms with van der Waals surface area (Å²) in [5.41, 5.74) is 2.97. The number of hydrogen-bond donors (Lipinski definition) is 0. The molecule has 0 aliphatic carbocycles. The lowest BCUT2D eigenvalue weighted by Gasteiger charge is -2.40. The summed E-state index contributed by atoms with van der Waals surface area (Å²) < 4.78 is 14.0. The molecule has 1 amide bonds. The first kappa shape index (κ1) is 18.0. The molecule has 1 saturated heterocycles. The molecule has 4 nitrogen and oxygen atoms in total. The molecule has 2 aliphatic heterocycles. The van der Waals surface area contributed by atoms with Gasteiger partial charge in [0.25, 0.3) is 0 Å². The van der Waals surface area contributed by atoms with Gasteiger partial charge in [-0.2, -0.15) is 0 Å². The fourth-order valence-corrected chi connectivity index (χ4v) is 4.20. The van der Waals surface area contributed by atoms with Crippen LogP contribution < -0.4 is 9.80 Å². The highest BCUT2D eigenvalue weighted by atomic mass is 19.1. The van der Waals surface area contributed by atoms with E-state index in [0.717, 1.165) is 51.3 Å². The van der Waals surface area contributed by atoms with Crippen LogP contribution in [0.3, 0.4) is 0 Å². The van der Waals surface area contributed by atoms with E-state index in [-0.39, 0.29) is 17.8 Å². The van der Waals surface area contributed by atoms with Gasteiger partial charge in [-0.25, -0.2) is 4.39 Å². The molecule has 2 aromatic rings. The van der Waals surface area contributed by atoms with Crippen molar-refractivity contribution in [1.82, 2.24) is 4.90 Å². The Morgan fingerprint density at radius 1 is 0.926 bits per heavy atom. The van der Waals surface area contributed by atoms with E-state index in [1.54, 1.807) is 6.07 Å². The molecule has 0 saturated carbocycles. The van der Waals surface area contributed by atoms with Crippen LogP contribution in [0, 0.1) is 5.82 Å². The summed E-state index contributed by atoms with van der Waals surface area (Å²) in [6.07, 6.45) is 2.05. The number of hydrogen-bond acceptors (Lipinski definition) is 3. The zero-order chi connectivity index (χ0) is 18.8. The number of rotatable bonds is 3. The van der Waals surface area contributed by atoms with Crippen molar-refractivity contribution in [3.63, 3.8) is 0 Å². The van der Waals surface area contributed by atoms with Gasteiger partial charge in [0.05, 0.1) is 11.7 Å². The maximum atomic E-state index is 14.0. The minimum Gasteiger partial charge on any atom is -0.367 e. The second-order valence-electron chi connectivity index (χ2n) is 7.37. The number of nitrogens with zero attached hydrogens (tertiary/aromatic N) is 3. The van der Waals surface area contributed by atoms with Gasteiger partial charge in [-0.15, -0.1) is 0 Å². The summed E-state index contributed by atoms with van der Waals surface area (Å²) in [7, 11) is 0. The molecule has 0 radical (unpaired) electrons. The Morgan fingerprint density at radius 3 is 2.33 bits per heavy atom. The van der Waals surface area contributed by atoms with E-state index in [4.69, 9.17) is 0 Å². The number of halogens is 1. The molecule has 0 aromatic heterocycles. The van der Waals surface area contributed by atoms with Crippen LogP contribution in [0.1, 0.15) is 18.9 Å². The molecule has 4 rings (SSSR count). The standard InChI is InChI=1S/C22H26FN3O/c1-17(22(27)26-12-6-8-18-7-2-4-10-20(18)26)24-13-15-25(16-14-24)21-11-5-3-9-19(21)23/h2-5,7,9-11,17H,6,8,12-16H2,1H3/t17-/m0/s1. The van der Waals surface area contributed by atoms with Gasteiger partial charge in [0.15, 0.2) is 0 Å². The summed E-state index contributed by atoms with van der Waals surface area (Å²) in [5, 5.41) is 0. The van der Waals surface area contributed by atoms with Crippen LogP contribution in [0.5, 0.6) is 0 Å². The van der Waals surface area contributed by atoms with Gasteiger partial charge in [-0.3, -0.25) is 9.69 Å². The number of amides is 1. The summed E-state index contributed by atoms with van der Waals surface area (Å²) in [5.74, 6) is -0.0125. The molecule has 0 unspecified atom stereocenters. The van der Waals surface area contributed by atoms with Gasteiger partial charge in [0.2, 0.25) is 5.91 Å². The number of aryl methyl sites for hydroxylation is 1. The van der Waals surface area contributed by atoms with Crippen LogP contribution in [-0.4, -0.2) is 49.6 Å². The number of benzene rings is 2. The average Bonchev–Trinajstić information content (AvgIpc) is 2.73. The molecule has 0 bridgehead atoms. The minimum absolute atomic E-state index is 0.168. The number of para-hydroxylation sites is 2. The number of anilines is 2. The molecular formula is C22H26FN3O. The third kappa shape index (κ3) is 3.56. The van der Waals surface area contributed by atoms with Crippen molar-refractivity contribution in [2.24, 2.45) is 0 Å². The average molecular weight is 367 g/mol. The van der Waals surface area contributed by atoms with Crippen molar-refractivity contribution in [1.29, 1.82) is 0 Å². The van der Waals surface area contributed by atoms with E-state index >= 15 is 0 Å².